The molecule has 190 valence electrons. The third-order valence-corrected chi connectivity index (χ3v) is 12.8. The number of carbonyl (C=O) groups excluding carboxylic acids is 2. The van der Waals surface area contributed by atoms with Gasteiger partial charge in [-0.05, 0) is 96.9 Å². The molecule has 0 spiro atoms. The molecule has 0 N–H and O–H groups in total. The quantitative estimate of drug-likeness (QED) is 0.374. The normalized spacial score (nSPS) is 51.8. The number of ether oxygens (including phenoxy) is 1. The molecule has 0 aromatic heterocycles. The maximum Gasteiger partial charge on any atom is 0.302 e. The Kier molecular flexibility index (Phi) is 5.38. The van der Waals surface area contributed by atoms with E-state index in [4.69, 9.17) is 4.74 Å². The first-order chi connectivity index (χ1) is 15.7. The van der Waals surface area contributed by atoms with Crippen LogP contribution in [0.25, 0.3) is 0 Å². The Balaban J connectivity index is 1.57. The van der Waals surface area contributed by atoms with Crippen LogP contribution in [0.2, 0.25) is 0 Å². The molecule has 3 heteroatoms. The van der Waals surface area contributed by atoms with Crippen molar-refractivity contribution in [1.29, 1.82) is 0 Å². The van der Waals surface area contributed by atoms with Crippen LogP contribution in [0.1, 0.15) is 113 Å². The Bertz CT molecular complexity index is 931. The van der Waals surface area contributed by atoms with Crippen LogP contribution in [0.4, 0.5) is 0 Å². The van der Waals surface area contributed by atoms with Crippen LogP contribution in [0.15, 0.2) is 11.6 Å². The maximum absolute atomic E-state index is 14.3. The van der Waals surface area contributed by atoms with E-state index in [2.05, 4.69) is 54.5 Å². The number of allylic oxidation sites excluding steroid dienone is 2. The topological polar surface area (TPSA) is 43.4 Å². The Morgan fingerprint density at radius 2 is 1.65 bits per heavy atom. The molecule has 0 amide bonds. The van der Waals surface area contributed by atoms with Gasteiger partial charge in [-0.3, -0.25) is 9.59 Å². The first-order valence-corrected chi connectivity index (χ1v) is 14.1. The molecule has 4 saturated carbocycles. The lowest BCUT2D eigenvalue weighted by molar-refractivity contribution is -0.209. The van der Waals surface area contributed by atoms with Gasteiger partial charge in [0.2, 0.25) is 0 Å². The third kappa shape index (κ3) is 3.06. The van der Waals surface area contributed by atoms with Crippen LogP contribution >= 0.6 is 0 Å². The summed E-state index contributed by atoms with van der Waals surface area (Å²) in [5, 5.41) is 0. The lowest BCUT2D eigenvalue weighted by atomic mass is 9.33. The van der Waals surface area contributed by atoms with Gasteiger partial charge in [0, 0.05) is 18.3 Å². The molecule has 34 heavy (non-hydrogen) atoms. The Morgan fingerprint density at radius 3 is 2.32 bits per heavy atom. The molecule has 0 aliphatic heterocycles. The smallest absolute Gasteiger partial charge is 0.302 e. The lowest BCUT2D eigenvalue weighted by Crippen LogP contribution is -2.66. The average Bonchev–Trinajstić information content (AvgIpc) is 2.72. The van der Waals surface area contributed by atoms with Gasteiger partial charge in [0.25, 0.3) is 0 Å². The molecule has 9 unspecified atom stereocenters. The summed E-state index contributed by atoms with van der Waals surface area (Å²) in [4.78, 5) is 26.1. The summed E-state index contributed by atoms with van der Waals surface area (Å²) in [5.41, 5.74) is 1.84. The van der Waals surface area contributed by atoms with Crippen molar-refractivity contribution < 1.29 is 14.3 Å². The highest BCUT2D eigenvalue weighted by Crippen LogP contribution is 2.74. The molecule has 5 aliphatic rings. The van der Waals surface area contributed by atoms with Crippen LogP contribution in [-0.4, -0.2) is 17.9 Å². The largest absolute Gasteiger partial charge is 0.462 e. The van der Waals surface area contributed by atoms with Gasteiger partial charge in [0.15, 0.2) is 5.78 Å². The highest BCUT2D eigenvalue weighted by atomic mass is 16.5. The van der Waals surface area contributed by atoms with E-state index in [1.54, 1.807) is 0 Å². The van der Waals surface area contributed by atoms with Gasteiger partial charge in [-0.1, -0.05) is 60.5 Å². The summed E-state index contributed by atoms with van der Waals surface area (Å²) in [6.07, 6.45) is 12.6. The second-order valence-electron chi connectivity index (χ2n) is 14.8. The first-order valence-electron chi connectivity index (χ1n) is 14.1. The van der Waals surface area contributed by atoms with Crippen molar-refractivity contribution in [1.82, 2.24) is 0 Å². The average molecular weight is 469 g/mol. The number of hydrogen-bond donors (Lipinski definition) is 0. The predicted molar refractivity (Wildman–Crippen MR) is 136 cm³/mol. The van der Waals surface area contributed by atoms with Gasteiger partial charge in [-0.15, -0.1) is 0 Å². The third-order valence-electron chi connectivity index (χ3n) is 12.8. The van der Waals surface area contributed by atoms with E-state index in [-0.39, 0.29) is 39.7 Å². The van der Waals surface area contributed by atoms with E-state index >= 15 is 0 Å². The number of fused-ring (bicyclic) bond motifs is 7. The number of carbonyl (C=O) groups is 2. The van der Waals surface area contributed by atoms with Gasteiger partial charge in [-0.25, -0.2) is 0 Å². The van der Waals surface area contributed by atoms with Crippen LogP contribution in [0.3, 0.4) is 0 Å². The molecule has 0 radical (unpaired) electrons. The van der Waals surface area contributed by atoms with Crippen LogP contribution in [0, 0.1) is 50.7 Å². The number of rotatable bonds is 1. The monoisotopic (exact) mass is 468 g/mol. The highest BCUT2D eigenvalue weighted by Gasteiger charge is 2.70. The Morgan fingerprint density at radius 1 is 0.941 bits per heavy atom. The van der Waals surface area contributed by atoms with E-state index in [0.717, 1.165) is 31.6 Å². The van der Waals surface area contributed by atoms with E-state index < -0.39 is 0 Å². The number of esters is 1. The Hall–Kier alpha value is -1.12. The second kappa shape index (κ2) is 7.45. The maximum atomic E-state index is 14.3. The van der Waals surface area contributed by atoms with E-state index in [1.807, 2.05) is 0 Å². The summed E-state index contributed by atoms with van der Waals surface area (Å²) in [6, 6.07) is 0. The molecule has 9 atom stereocenters. The summed E-state index contributed by atoms with van der Waals surface area (Å²) in [6.45, 7) is 18.5. The van der Waals surface area contributed by atoms with Crippen molar-refractivity contribution in [2.75, 3.05) is 0 Å². The fourth-order valence-corrected chi connectivity index (χ4v) is 10.6. The Labute approximate surface area is 207 Å². The molecular formula is C31H48O3. The van der Waals surface area contributed by atoms with E-state index in [9.17, 15) is 9.59 Å². The molecule has 3 nitrogen and oxygen atoms in total. The molecule has 0 aromatic carbocycles. The first kappa shape index (κ1) is 24.6. The van der Waals surface area contributed by atoms with Gasteiger partial charge in [-0.2, -0.15) is 0 Å². The van der Waals surface area contributed by atoms with Crippen molar-refractivity contribution in [2.24, 2.45) is 50.7 Å². The van der Waals surface area contributed by atoms with Gasteiger partial charge < -0.3 is 4.74 Å². The van der Waals surface area contributed by atoms with Crippen molar-refractivity contribution in [3.63, 3.8) is 0 Å². The van der Waals surface area contributed by atoms with Gasteiger partial charge in [0.05, 0.1) is 0 Å². The molecule has 5 rings (SSSR count). The fourth-order valence-electron chi connectivity index (χ4n) is 10.6. The molecule has 0 aromatic rings. The zero-order valence-electron chi connectivity index (χ0n) is 23.1. The molecule has 0 heterocycles. The van der Waals surface area contributed by atoms with Crippen molar-refractivity contribution in [3.8, 4) is 0 Å². The predicted octanol–water partition coefficient (Wildman–Crippen LogP) is 7.53. The molecular weight excluding hydrogens is 420 g/mol. The molecule has 4 fully saturated rings. The fraction of sp³-hybridized carbons (Fsp3) is 0.871. The van der Waals surface area contributed by atoms with E-state index in [0.29, 0.717) is 23.0 Å². The van der Waals surface area contributed by atoms with Crippen LogP contribution in [0.5, 0.6) is 0 Å². The summed E-state index contributed by atoms with van der Waals surface area (Å²) < 4.78 is 5.84. The molecule has 0 saturated heterocycles. The number of hydrogen-bond acceptors (Lipinski definition) is 3. The van der Waals surface area contributed by atoms with Crippen molar-refractivity contribution >= 4 is 11.8 Å². The lowest BCUT2D eigenvalue weighted by Gasteiger charge is -2.70. The molecule has 0 bridgehead atoms. The van der Waals surface area contributed by atoms with Crippen molar-refractivity contribution in [2.45, 2.75) is 119 Å². The summed E-state index contributed by atoms with van der Waals surface area (Å²) in [5.74, 6) is 2.01. The highest BCUT2D eigenvalue weighted by molar-refractivity contribution is 5.95. The van der Waals surface area contributed by atoms with Gasteiger partial charge in [0.1, 0.15) is 6.10 Å². The standard InChI is InChI=1S/C31H48O3/c1-19-9-12-28(5)15-16-30(7)22(21(28)17-19)18-23(33)26-29(6)13-11-25(34-20(2)32)27(3,4)24(29)10-14-31(26,30)8/h18-19,21,24-26H,9-17H2,1-8H3. The minimum Gasteiger partial charge on any atom is -0.462 e. The minimum atomic E-state index is -0.178. The summed E-state index contributed by atoms with van der Waals surface area (Å²) >= 11 is 0. The number of ketones is 1. The zero-order chi connectivity index (χ0) is 24.9. The summed E-state index contributed by atoms with van der Waals surface area (Å²) in [7, 11) is 0. The van der Waals surface area contributed by atoms with E-state index in [1.165, 1.54) is 44.6 Å². The van der Waals surface area contributed by atoms with Crippen LogP contribution < -0.4 is 0 Å². The zero-order valence-corrected chi connectivity index (χ0v) is 23.1. The minimum absolute atomic E-state index is 0.00574. The van der Waals surface area contributed by atoms with Gasteiger partial charge >= 0.3 is 5.97 Å². The van der Waals surface area contributed by atoms with Crippen molar-refractivity contribution in [3.05, 3.63) is 11.6 Å². The SMILES string of the molecule is CC(=O)OC1CCC2(C)C(CCC3(C)C2C(=O)C=C2C4CC(C)CCC4(C)CCC23C)C1(C)C. The second-order valence-corrected chi connectivity index (χ2v) is 14.8. The molecule has 5 aliphatic carbocycles. The van der Waals surface area contributed by atoms with Crippen LogP contribution in [-0.2, 0) is 14.3 Å².